The molecule has 0 bridgehead atoms. The molecule has 0 heterocycles. The second-order valence-electron chi connectivity index (χ2n) is 4.88. The van der Waals surface area contributed by atoms with Crippen molar-refractivity contribution in [3.63, 3.8) is 0 Å². The molecule has 1 atom stereocenters. The summed E-state index contributed by atoms with van der Waals surface area (Å²) in [5.74, 6) is 1.51. The lowest BCUT2D eigenvalue weighted by molar-refractivity contribution is 0.354. The molecule has 0 spiro atoms. The van der Waals surface area contributed by atoms with Gasteiger partial charge in [-0.05, 0) is 36.6 Å². The number of hydrogen-bond donors (Lipinski definition) is 0. The molecular weight excluding hydrogens is 260 g/mol. The molecule has 19 heavy (non-hydrogen) atoms. The minimum atomic E-state index is 0.0525. The van der Waals surface area contributed by atoms with E-state index in [4.69, 9.17) is 21.1 Å². The molecule has 0 radical (unpaired) electrons. The average Bonchev–Trinajstić information content (AvgIpc) is 2.42. The number of unbranched alkanes of at least 4 members (excludes halogenated alkanes) is 3. The Balaban J connectivity index is 2.76. The maximum Gasteiger partial charge on any atom is 0.161 e. The van der Waals surface area contributed by atoms with Crippen molar-refractivity contribution in [2.75, 3.05) is 14.2 Å². The monoisotopic (exact) mass is 284 g/mol. The molecule has 1 aromatic carbocycles. The molecule has 2 nitrogen and oxygen atoms in total. The van der Waals surface area contributed by atoms with Crippen LogP contribution < -0.4 is 9.47 Å². The van der Waals surface area contributed by atoms with Gasteiger partial charge in [0.1, 0.15) is 0 Å². The Morgan fingerprint density at radius 2 is 1.68 bits per heavy atom. The largest absolute Gasteiger partial charge is 0.493 e. The van der Waals surface area contributed by atoms with Gasteiger partial charge in [0.05, 0.1) is 19.6 Å². The van der Waals surface area contributed by atoms with Crippen LogP contribution in [0.3, 0.4) is 0 Å². The first-order valence-electron chi connectivity index (χ1n) is 7.00. The minimum Gasteiger partial charge on any atom is -0.493 e. The van der Waals surface area contributed by atoms with Crippen LogP contribution in [0, 0.1) is 6.92 Å². The van der Waals surface area contributed by atoms with Crippen LogP contribution in [0.25, 0.3) is 0 Å². The van der Waals surface area contributed by atoms with Gasteiger partial charge in [-0.3, -0.25) is 0 Å². The first-order chi connectivity index (χ1) is 9.13. The number of rotatable bonds is 8. The Morgan fingerprint density at radius 1 is 1.05 bits per heavy atom. The molecule has 108 valence electrons. The molecule has 0 aromatic heterocycles. The third-order valence-corrected chi connectivity index (χ3v) is 3.87. The molecule has 0 saturated carbocycles. The van der Waals surface area contributed by atoms with E-state index in [0.717, 1.165) is 29.0 Å². The second-order valence-corrected chi connectivity index (χ2v) is 5.41. The standard InChI is InChI=1S/C16H25ClO2/c1-5-6-7-8-9-14(17)13-11-16(19-4)15(18-3)10-12(13)2/h10-11,14H,5-9H2,1-4H3. The molecule has 1 rings (SSSR count). The molecule has 0 fully saturated rings. The maximum atomic E-state index is 6.52. The molecule has 1 aromatic rings. The number of methoxy groups -OCH3 is 2. The average molecular weight is 285 g/mol. The highest BCUT2D eigenvalue weighted by molar-refractivity contribution is 6.20. The van der Waals surface area contributed by atoms with E-state index in [1.54, 1.807) is 14.2 Å². The van der Waals surface area contributed by atoms with Gasteiger partial charge in [0.15, 0.2) is 11.5 Å². The van der Waals surface area contributed by atoms with E-state index >= 15 is 0 Å². The predicted molar refractivity (Wildman–Crippen MR) is 81.6 cm³/mol. The molecule has 0 saturated heterocycles. The topological polar surface area (TPSA) is 18.5 Å². The van der Waals surface area contributed by atoms with Crippen LogP contribution in [0.2, 0.25) is 0 Å². The molecule has 0 N–H and O–H groups in total. The lowest BCUT2D eigenvalue weighted by atomic mass is 10.00. The van der Waals surface area contributed by atoms with Crippen molar-refractivity contribution in [2.45, 2.75) is 51.3 Å². The third kappa shape index (κ3) is 4.61. The lowest BCUT2D eigenvalue weighted by Crippen LogP contribution is -1.98. The van der Waals surface area contributed by atoms with Crippen LogP contribution in [0.4, 0.5) is 0 Å². The Morgan fingerprint density at radius 3 is 2.26 bits per heavy atom. The fourth-order valence-electron chi connectivity index (χ4n) is 2.24. The molecule has 0 aliphatic carbocycles. The van der Waals surface area contributed by atoms with E-state index in [2.05, 4.69) is 13.8 Å². The van der Waals surface area contributed by atoms with E-state index in [1.807, 2.05) is 12.1 Å². The van der Waals surface area contributed by atoms with Crippen molar-refractivity contribution in [2.24, 2.45) is 0 Å². The van der Waals surface area contributed by atoms with E-state index in [9.17, 15) is 0 Å². The Hall–Kier alpha value is -0.890. The van der Waals surface area contributed by atoms with Gasteiger partial charge in [0, 0.05) is 0 Å². The highest BCUT2D eigenvalue weighted by atomic mass is 35.5. The van der Waals surface area contributed by atoms with Crippen molar-refractivity contribution in [3.8, 4) is 11.5 Å². The van der Waals surface area contributed by atoms with Crippen molar-refractivity contribution < 1.29 is 9.47 Å². The summed E-state index contributed by atoms with van der Waals surface area (Å²) in [4.78, 5) is 0. The molecule has 0 amide bonds. The Kier molecular flexibility index (Phi) is 7.07. The van der Waals surface area contributed by atoms with Crippen LogP contribution in [0.15, 0.2) is 12.1 Å². The molecular formula is C16H25ClO2. The van der Waals surface area contributed by atoms with Gasteiger partial charge in [-0.1, -0.05) is 32.6 Å². The van der Waals surface area contributed by atoms with Gasteiger partial charge in [0.25, 0.3) is 0 Å². The van der Waals surface area contributed by atoms with Gasteiger partial charge < -0.3 is 9.47 Å². The minimum absolute atomic E-state index is 0.0525. The number of ether oxygens (including phenoxy) is 2. The molecule has 1 unspecified atom stereocenters. The summed E-state index contributed by atoms with van der Waals surface area (Å²) in [5, 5.41) is 0.0525. The van der Waals surface area contributed by atoms with Crippen molar-refractivity contribution in [1.82, 2.24) is 0 Å². The van der Waals surface area contributed by atoms with Crippen molar-refractivity contribution in [1.29, 1.82) is 0 Å². The van der Waals surface area contributed by atoms with Crippen molar-refractivity contribution >= 4 is 11.6 Å². The van der Waals surface area contributed by atoms with Gasteiger partial charge in [-0.25, -0.2) is 0 Å². The Bertz CT molecular complexity index is 391. The van der Waals surface area contributed by atoms with Gasteiger partial charge in [-0.2, -0.15) is 0 Å². The summed E-state index contributed by atoms with van der Waals surface area (Å²) in [7, 11) is 3.31. The van der Waals surface area contributed by atoms with Crippen LogP contribution >= 0.6 is 11.6 Å². The summed E-state index contributed by atoms with van der Waals surface area (Å²) < 4.78 is 10.6. The van der Waals surface area contributed by atoms with Crippen LogP contribution in [-0.4, -0.2) is 14.2 Å². The number of hydrogen-bond acceptors (Lipinski definition) is 2. The maximum absolute atomic E-state index is 6.52. The highest BCUT2D eigenvalue weighted by Gasteiger charge is 2.15. The van der Waals surface area contributed by atoms with Crippen molar-refractivity contribution in [3.05, 3.63) is 23.3 Å². The molecule has 3 heteroatoms. The quantitative estimate of drug-likeness (QED) is 0.479. The number of aryl methyl sites for hydroxylation is 1. The number of alkyl halides is 1. The summed E-state index contributed by atoms with van der Waals surface area (Å²) >= 11 is 6.52. The second kappa shape index (κ2) is 8.31. The zero-order valence-electron chi connectivity index (χ0n) is 12.5. The smallest absolute Gasteiger partial charge is 0.161 e. The van der Waals surface area contributed by atoms with E-state index < -0.39 is 0 Å². The lowest BCUT2D eigenvalue weighted by Gasteiger charge is -2.16. The van der Waals surface area contributed by atoms with Gasteiger partial charge in [0.2, 0.25) is 0 Å². The van der Waals surface area contributed by atoms with E-state index in [1.165, 1.54) is 25.7 Å². The zero-order valence-corrected chi connectivity index (χ0v) is 13.2. The Labute approximate surface area is 122 Å². The predicted octanol–water partition coefficient (Wildman–Crippen LogP) is 5.26. The van der Waals surface area contributed by atoms with Crippen LogP contribution in [0.1, 0.15) is 55.5 Å². The summed E-state index contributed by atoms with van der Waals surface area (Å²) in [6, 6.07) is 4.00. The highest BCUT2D eigenvalue weighted by Crippen LogP contribution is 2.36. The fourth-order valence-corrected chi connectivity index (χ4v) is 2.63. The first kappa shape index (κ1) is 16.2. The normalized spacial score (nSPS) is 12.3. The molecule has 0 aliphatic rings. The summed E-state index contributed by atoms with van der Waals surface area (Å²) in [6.45, 7) is 4.29. The molecule has 0 aliphatic heterocycles. The third-order valence-electron chi connectivity index (χ3n) is 3.42. The summed E-state index contributed by atoms with van der Waals surface area (Å²) in [6.07, 6.45) is 5.98. The van der Waals surface area contributed by atoms with Crippen LogP contribution in [0.5, 0.6) is 11.5 Å². The van der Waals surface area contributed by atoms with E-state index in [-0.39, 0.29) is 5.38 Å². The first-order valence-corrected chi connectivity index (χ1v) is 7.44. The zero-order chi connectivity index (χ0) is 14.3. The number of benzene rings is 1. The van der Waals surface area contributed by atoms with Crippen LogP contribution in [-0.2, 0) is 0 Å². The summed E-state index contributed by atoms with van der Waals surface area (Å²) in [5.41, 5.74) is 2.31. The van der Waals surface area contributed by atoms with Gasteiger partial charge in [-0.15, -0.1) is 11.6 Å². The van der Waals surface area contributed by atoms with E-state index in [0.29, 0.717) is 0 Å². The fraction of sp³-hybridized carbons (Fsp3) is 0.625. The van der Waals surface area contributed by atoms with Gasteiger partial charge >= 0.3 is 0 Å². The SMILES string of the molecule is CCCCCCC(Cl)c1cc(OC)c(OC)cc1C. The number of halogens is 1.